The molecule has 2 N–H and O–H groups in total. The molecule has 0 aliphatic carbocycles. The van der Waals surface area contributed by atoms with Crippen molar-refractivity contribution in [2.45, 2.75) is 31.9 Å². The summed E-state index contributed by atoms with van der Waals surface area (Å²) in [4.78, 5) is 36.5. The number of amides is 2. The molecule has 25 heavy (non-hydrogen) atoms. The van der Waals surface area contributed by atoms with Crippen molar-refractivity contribution in [1.82, 2.24) is 10.2 Å². The van der Waals surface area contributed by atoms with E-state index in [1.807, 2.05) is 0 Å². The summed E-state index contributed by atoms with van der Waals surface area (Å²) < 4.78 is 5.38. The first kappa shape index (κ1) is 19.2. The molecule has 1 fully saturated rings. The van der Waals surface area contributed by atoms with Gasteiger partial charge in [0.05, 0.1) is 31.6 Å². The smallest absolute Gasteiger partial charge is 0.306 e. The van der Waals surface area contributed by atoms with E-state index in [2.05, 4.69) is 5.32 Å². The van der Waals surface area contributed by atoms with Crippen LogP contribution in [-0.4, -0.2) is 53.6 Å². The van der Waals surface area contributed by atoms with Gasteiger partial charge < -0.3 is 20.1 Å². The SMILES string of the molecule is CC(=O)N[C@H](CC(=O)N1CCO[C@@H](CC(=O)O)C1)c1ccc(Cl)cc1. The molecule has 7 nitrogen and oxygen atoms in total. The van der Waals surface area contributed by atoms with E-state index >= 15 is 0 Å². The molecule has 0 saturated carbocycles. The van der Waals surface area contributed by atoms with Gasteiger partial charge in [0.2, 0.25) is 11.8 Å². The van der Waals surface area contributed by atoms with Gasteiger partial charge >= 0.3 is 5.97 Å². The molecular formula is C17H21ClN2O5. The molecule has 1 aliphatic heterocycles. The molecule has 2 amide bonds. The molecule has 0 bridgehead atoms. The molecule has 1 aromatic carbocycles. The number of aliphatic carboxylic acids is 1. The molecule has 0 radical (unpaired) electrons. The van der Waals surface area contributed by atoms with Gasteiger partial charge in [0.25, 0.3) is 0 Å². The molecule has 2 rings (SSSR count). The third kappa shape index (κ3) is 6.03. The fraction of sp³-hybridized carbons (Fsp3) is 0.471. The molecule has 2 atom stereocenters. The van der Waals surface area contributed by atoms with E-state index in [-0.39, 0.29) is 31.2 Å². The predicted molar refractivity (Wildman–Crippen MR) is 91.2 cm³/mol. The number of hydrogen-bond donors (Lipinski definition) is 2. The van der Waals surface area contributed by atoms with E-state index < -0.39 is 18.1 Å². The first-order valence-electron chi connectivity index (χ1n) is 7.99. The van der Waals surface area contributed by atoms with Gasteiger partial charge in [-0.15, -0.1) is 0 Å². The maximum absolute atomic E-state index is 12.6. The molecule has 136 valence electrons. The lowest BCUT2D eigenvalue weighted by Crippen LogP contribution is -2.47. The third-order valence-corrected chi connectivity index (χ3v) is 4.17. The van der Waals surface area contributed by atoms with Crippen LogP contribution in [-0.2, 0) is 19.1 Å². The number of rotatable bonds is 6. The van der Waals surface area contributed by atoms with E-state index in [1.165, 1.54) is 6.92 Å². The number of benzene rings is 1. The van der Waals surface area contributed by atoms with Gasteiger partial charge in [-0.3, -0.25) is 14.4 Å². The Balaban J connectivity index is 2.04. The highest BCUT2D eigenvalue weighted by molar-refractivity contribution is 6.30. The van der Waals surface area contributed by atoms with E-state index in [4.69, 9.17) is 21.4 Å². The number of carboxylic acids is 1. The minimum atomic E-state index is -0.961. The fourth-order valence-corrected chi connectivity index (χ4v) is 2.89. The van der Waals surface area contributed by atoms with Crippen molar-refractivity contribution >= 4 is 29.4 Å². The van der Waals surface area contributed by atoms with Crippen LogP contribution in [0.5, 0.6) is 0 Å². The molecular weight excluding hydrogens is 348 g/mol. The molecule has 8 heteroatoms. The van der Waals surface area contributed by atoms with Crippen LogP contribution in [0, 0.1) is 0 Å². The van der Waals surface area contributed by atoms with Crippen LogP contribution < -0.4 is 5.32 Å². The van der Waals surface area contributed by atoms with Crippen molar-refractivity contribution in [3.05, 3.63) is 34.9 Å². The van der Waals surface area contributed by atoms with E-state index in [0.29, 0.717) is 18.2 Å². The van der Waals surface area contributed by atoms with E-state index in [9.17, 15) is 14.4 Å². The van der Waals surface area contributed by atoms with Crippen molar-refractivity contribution < 1.29 is 24.2 Å². The first-order chi connectivity index (χ1) is 11.8. The Kier molecular flexibility index (Phi) is 6.78. The zero-order valence-corrected chi connectivity index (χ0v) is 14.7. The Labute approximate surface area is 150 Å². The quantitative estimate of drug-likeness (QED) is 0.795. The number of carbonyl (C=O) groups is 3. The molecule has 0 unspecified atom stereocenters. The second kappa shape index (κ2) is 8.82. The predicted octanol–water partition coefficient (Wildman–Crippen LogP) is 1.61. The summed E-state index contributed by atoms with van der Waals surface area (Å²) in [6.45, 7) is 2.33. The van der Waals surface area contributed by atoms with Crippen molar-refractivity contribution in [2.75, 3.05) is 19.7 Å². The monoisotopic (exact) mass is 368 g/mol. The summed E-state index contributed by atoms with van der Waals surface area (Å²) in [5.74, 6) is -1.36. The standard InChI is InChI=1S/C17H21ClN2O5/c1-11(21)19-15(12-2-4-13(18)5-3-12)9-16(22)20-6-7-25-14(10-20)8-17(23)24/h2-5,14-15H,6-10H2,1H3,(H,19,21)(H,23,24)/t14-,15+/m0/s1. The largest absolute Gasteiger partial charge is 0.481 e. The molecule has 1 aliphatic rings. The summed E-state index contributed by atoms with van der Waals surface area (Å²) in [5, 5.41) is 12.2. The van der Waals surface area contributed by atoms with Gasteiger partial charge in [-0.25, -0.2) is 0 Å². The van der Waals surface area contributed by atoms with Crippen LogP contribution in [0.4, 0.5) is 0 Å². The average molecular weight is 369 g/mol. The third-order valence-electron chi connectivity index (χ3n) is 3.92. The van der Waals surface area contributed by atoms with E-state index in [1.54, 1.807) is 29.2 Å². The average Bonchev–Trinajstić information content (AvgIpc) is 2.54. The van der Waals surface area contributed by atoms with Crippen molar-refractivity contribution in [1.29, 1.82) is 0 Å². The van der Waals surface area contributed by atoms with Crippen LogP contribution in [0.3, 0.4) is 0 Å². The van der Waals surface area contributed by atoms with Gasteiger partial charge in [-0.1, -0.05) is 23.7 Å². The van der Waals surface area contributed by atoms with Crippen molar-refractivity contribution in [3.8, 4) is 0 Å². The number of hydrogen-bond acceptors (Lipinski definition) is 4. The Morgan fingerprint density at radius 2 is 2.04 bits per heavy atom. The summed E-state index contributed by atoms with van der Waals surface area (Å²) in [6, 6.07) is 6.47. The Morgan fingerprint density at radius 1 is 1.36 bits per heavy atom. The Morgan fingerprint density at radius 3 is 2.64 bits per heavy atom. The zero-order chi connectivity index (χ0) is 18.4. The van der Waals surface area contributed by atoms with Gasteiger partial charge in [0.1, 0.15) is 0 Å². The second-order valence-corrected chi connectivity index (χ2v) is 6.38. The lowest BCUT2D eigenvalue weighted by atomic mass is 10.0. The summed E-state index contributed by atoms with van der Waals surface area (Å²) >= 11 is 5.88. The molecule has 1 saturated heterocycles. The van der Waals surface area contributed by atoms with Gasteiger partial charge in [0.15, 0.2) is 0 Å². The van der Waals surface area contributed by atoms with Gasteiger partial charge in [-0.05, 0) is 17.7 Å². The highest BCUT2D eigenvalue weighted by Gasteiger charge is 2.28. The summed E-state index contributed by atoms with van der Waals surface area (Å²) in [5.41, 5.74) is 0.781. The number of nitrogens with zero attached hydrogens (tertiary/aromatic N) is 1. The molecule has 0 spiro atoms. The zero-order valence-electron chi connectivity index (χ0n) is 13.9. The fourth-order valence-electron chi connectivity index (χ4n) is 2.76. The van der Waals surface area contributed by atoms with E-state index in [0.717, 1.165) is 5.56 Å². The lowest BCUT2D eigenvalue weighted by molar-refractivity contribution is -0.148. The summed E-state index contributed by atoms with van der Waals surface area (Å²) in [6.07, 6.45) is -0.568. The maximum Gasteiger partial charge on any atom is 0.306 e. The van der Waals surface area contributed by atoms with Gasteiger partial charge in [0, 0.05) is 25.0 Å². The normalized spacial score (nSPS) is 18.5. The van der Waals surface area contributed by atoms with Crippen molar-refractivity contribution in [2.24, 2.45) is 0 Å². The van der Waals surface area contributed by atoms with Crippen LogP contribution in [0.1, 0.15) is 31.4 Å². The van der Waals surface area contributed by atoms with Crippen molar-refractivity contribution in [3.63, 3.8) is 0 Å². The Hall–Kier alpha value is -2.12. The summed E-state index contributed by atoms with van der Waals surface area (Å²) in [7, 11) is 0. The number of ether oxygens (including phenoxy) is 1. The Bertz CT molecular complexity index is 634. The number of morpholine rings is 1. The topological polar surface area (TPSA) is 95.9 Å². The molecule has 0 aromatic heterocycles. The second-order valence-electron chi connectivity index (χ2n) is 5.94. The molecule has 1 aromatic rings. The number of carbonyl (C=O) groups excluding carboxylic acids is 2. The highest BCUT2D eigenvalue weighted by atomic mass is 35.5. The van der Waals surface area contributed by atoms with Crippen LogP contribution >= 0.6 is 11.6 Å². The number of nitrogens with one attached hydrogen (secondary N) is 1. The first-order valence-corrected chi connectivity index (χ1v) is 8.36. The van der Waals surface area contributed by atoms with Crippen LogP contribution in [0.15, 0.2) is 24.3 Å². The molecule has 1 heterocycles. The highest BCUT2D eigenvalue weighted by Crippen LogP contribution is 2.21. The van der Waals surface area contributed by atoms with Gasteiger partial charge in [-0.2, -0.15) is 0 Å². The lowest BCUT2D eigenvalue weighted by Gasteiger charge is -2.33. The number of halogens is 1. The maximum atomic E-state index is 12.6. The van der Waals surface area contributed by atoms with Crippen LogP contribution in [0.2, 0.25) is 5.02 Å². The number of carboxylic acid groups (broad SMARTS) is 1. The minimum Gasteiger partial charge on any atom is -0.481 e. The minimum absolute atomic E-state index is 0.0843. The van der Waals surface area contributed by atoms with Crippen LogP contribution in [0.25, 0.3) is 0 Å².